The number of hydrogen-bond donors (Lipinski definition) is 1. The Morgan fingerprint density at radius 2 is 2.22 bits per heavy atom. The van der Waals surface area contributed by atoms with Gasteiger partial charge in [0.2, 0.25) is 0 Å². The molecule has 0 saturated carbocycles. The summed E-state index contributed by atoms with van der Waals surface area (Å²) < 4.78 is 1.76. The number of unbranched alkanes of at least 4 members (excludes halogenated alkanes) is 1. The third-order valence-corrected chi connectivity index (χ3v) is 4.10. The van der Waals surface area contributed by atoms with Gasteiger partial charge in [-0.15, -0.1) is 16.9 Å². The highest BCUT2D eigenvalue weighted by atomic mass is 32.2. The number of nitrogens with zero attached hydrogens (tertiary/aromatic N) is 4. The molecule has 1 unspecified atom stereocenters. The molecule has 6 nitrogen and oxygen atoms in total. The molecule has 1 aromatic heterocycles. The molecule has 0 aliphatic heterocycles. The molecule has 1 heterocycles. The summed E-state index contributed by atoms with van der Waals surface area (Å²) in [6.07, 6.45) is 2.10. The number of aromatic nitrogens is 4. The van der Waals surface area contributed by atoms with E-state index in [0.29, 0.717) is 5.75 Å². The summed E-state index contributed by atoms with van der Waals surface area (Å²) in [5, 5.41) is 20.2. The molecule has 1 aromatic rings. The number of carboxylic acid groups (broad SMARTS) is 1. The van der Waals surface area contributed by atoms with Gasteiger partial charge < -0.3 is 5.11 Å². The van der Waals surface area contributed by atoms with Crippen LogP contribution in [-0.2, 0) is 17.1 Å². The zero-order valence-electron chi connectivity index (χ0n) is 11.0. The van der Waals surface area contributed by atoms with Crippen molar-refractivity contribution in [1.82, 2.24) is 20.2 Å². The zero-order chi connectivity index (χ0) is 13.5. The second-order valence-electron chi connectivity index (χ2n) is 4.49. The molecular formula is C11H20N4O2S. The molecule has 0 radical (unpaired) electrons. The molecule has 7 heteroatoms. The van der Waals surface area contributed by atoms with E-state index in [1.165, 1.54) is 11.8 Å². The summed E-state index contributed by atoms with van der Waals surface area (Å²) in [7, 11) is 0. The van der Waals surface area contributed by atoms with Crippen LogP contribution >= 0.6 is 11.8 Å². The number of carboxylic acids is 1. The summed E-state index contributed by atoms with van der Waals surface area (Å²) in [5.41, 5.74) is 0. The molecule has 1 rings (SSSR count). The van der Waals surface area contributed by atoms with Gasteiger partial charge in [-0.25, -0.2) is 4.68 Å². The lowest BCUT2D eigenvalue weighted by Gasteiger charge is -2.15. The van der Waals surface area contributed by atoms with Gasteiger partial charge in [0.1, 0.15) is 5.25 Å². The number of aliphatic carboxylic acids is 1. The van der Waals surface area contributed by atoms with Crippen molar-refractivity contribution >= 4 is 17.7 Å². The predicted octanol–water partition coefficient (Wildman–Crippen LogP) is 1.82. The Morgan fingerprint density at radius 3 is 2.78 bits per heavy atom. The number of tetrazole rings is 1. The molecular weight excluding hydrogens is 252 g/mol. The average Bonchev–Trinajstić information content (AvgIpc) is 2.73. The summed E-state index contributed by atoms with van der Waals surface area (Å²) in [6, 6.07) is 0. The van der Waals surface area contributed by atoms with Gasteiger partial charge in [0.25, 0.3) is 0 Å². The predicted molar refractivity (Wildman–Crippen MR) is 70.3 cm³/mol. The number of aryl methyl sites for hydroxylation is 1. The highest BCUT2D eigenvalue weighted by Crippen LogP contribution is 2.23. The van der Waals surface area contributed by atoms with Crippen molar-refractivity contribution in [1.29, 1.82) is 0 Å². The molecule has 0 bridgehead atoms. The van der Waals surface area contributed by atoms with Crippen LogP contribution in [0.1, 0.15) is 39.4 Å². The van der Waals surface area contributed by atoms with E-state index in [1.807, 2.05) is 13.8 Å². The van der Waals surface area contributed by atoms with Gasteiger partial charge in [-0.2, -0.15) is 0 Å². The van der Waals surface area contributed by atoms with Gasteiger partial charge in [-0.3, -0.25) is 4.79 Å². The first-order valence-corrected chi connectivity index (χ1v) is 7.20. The Labute approximate surface area is 111 Å². The number of carbonyl (C=O) groups is 1. The fourth-order valence-corrected chi connectivity index (χ4v) is 2.58. The SMILES string of the molecule is CCCCn1nnnc1CSC(C(=O)O)C(C)C. The first-order chi connectivity index (χ1) is 8.56. The van der Waals surface area contributed by atoms with E-state index in [2.05, 4.69) is 22.4 Å². The van der Waals surface area contributed by atoms with Crippen molar-refractivity contribution in [2.75, 3.05) is 0 Å². The normalized spacial score (nSPS) is 12.9. The van der Waals surface area contributed by atoms with Crippen LogP contribution in [0.5, 0.6) is 0 Å². The minimum absolute atomic E-state index is 0.0903. The van der Waals surface area contributed by atoms with E-state index < -0.39 is 11.2 Å². The summed E-state index contributed by atoms with van der Waals surface area (Å²) in [6.45, 7) is 6.72. The molecule has 1 atom stereocenters. The topological polar surface area (TPSA) is 80.9 Å². The summed E-state index contributed by atoms with van der Waals surface area (Å²) in [5.74, 6) is 0.599. The van der Waals surface area contributed by atoms with Crippen LogP contribution in [0.4, 0.5) is 0 Å². The minimum atomic E-state index is -0.775. The lowest BCUT2D eigenvalue weighted by atomic mass is 10.1. The van der Waals surface area contributed by atoms with Gasteiger partial charge >= 0.3 is 5.97 Å². The standard InChI is InChI=1S/C11H20N4O2S/c1-4-5-6-15-9(12-13-14-15)7-18-10(8(2)3)11(16)17/h8,10H,4-7H2,1-3H3,(H,16,17). The van der Waals surface area contributed by atoms with Crippen LogP contribution in [0, 0.1) is 5.92 Å². The van der Waals surface area contributed by atoms with E-state index >= 15 is 0 Å². The number of thioether (sulfide) groups is 1. The fraction of sp³-hybridized carbons (Fsp3) is 0.818. The van der Waals surface area contributed by atoms with E-state index in [0.717, 1.165) is 25.2 Å². The van der Waals surface area contributed by atoms with Gasteiger partial charge in [-0.1, -0.05) is 27.2 Å². The largest absolute Gasteiger partial charge is 0.480 e. The molecule has 0 fully saturated rings. The van der Waals surface area contributed by atoms with E-state index in [4.69, 9.17) is 5.11 Å². The molecule has 1 N–H and O–H groups in total. The molecule has 0 aliphatic carbocycles. The third kappa shape index (κ3) is 4.29. The van der Waals surface area contributed by atoms with E-state index in [1.54, 1.807) is 4.68 Å². The Hall–Kier alpha value is -1.11. The van der Waals surface area contributed by atoms with Crippen LogP contribution in [0.25, 0.3) is 0 Å². The second kappa shape index (κ2) is 7.35. The van der Waals surface area contributed by atoms with Gasteiger partial charge in [0.05, 0.1) is 5.75 Å². The Balaban J connectivity index is 2.56. The van der Waals surface area contributed by atoms with Crippen molar-refractivity contribution in [3.8, 4) is 0 Å². The Bertz CT molecular complexity index is 381. The van der Waals surface area contributed by atoms with Crippen LogP contribution in [0.2, 0.25) is 0 Å². The smallest absolute Gasteiger partial charge is 0.316 e. The van der Waals surface area contributed by atoms with Crippen LogP contribution in [0.3, 0.4) is 0 Å². The molecule has 0 saturated heterocycles. The van der Waals surface area contributed by atoms with Gasteiger partial charge in [0, 0.05) is 6.54 Å². The zero-order valence-corrected chi connectivity index (χ0v) is 11.9. The molecule has 0 aromatic carbocycles. The Kier molecular flexibility index (Phi) is 6.11. The van der Waals surface area contributed by atoms with Crippen molar-refractivity contribution in [3.05, 3.63) is 5.82 Å². The maximum atomic E-state index is 11.1. The average molecular weight is 272 g/mol. The van der Waals surface area contributed by atoms with Gasteiger partial charge in [0.15, 0.2) is 5.82 Å². The number of hydrogen-bond acceptors (Lipinski definition) is 5. The monoisotopic (exact) mass is 272 g/mol. The van der Waals surface area contributed by atoms with Crippen molar-refractivity contribution < 1.29 is 9.90 Å². The van der Waals surface area contributed by atoms with Crippen molar-refractivity contribution in [2.24, 2.45) is 5.92 Å². The summed E-state index contributed by atoms with van der Waals surface area (Å²) >= 11 is 1.38. The quantitative estimate of drug-likeness (QED) is 0.777. The van der Waals surface area contributed by atoms with E-state index in [-0.39, 0.29) is 5.92 Å². The highest BCUT2D eigenvalue weighted by Gasteiger charge is 2.22. The molecule has 0 aliphatic rings. The minimum Gasteiger partial charge on any atom is -0.480 e. The first kappa shape index (κ1) is 14.9. The van der Waals surface area contributed by atoms with Crippen molar-refractivity contribution in [3.63, 3.8) is 0 Å². The van der Waals surface area contributed by atoms with E-state index in [9.17, 15) is 4.79 Å². The molecule has 0 spiro atoms. The second-order valence-corrected chi connectivity index (χ2v) is 5.62. The van der Waals surface area contributed by atoms with Crippen LogP contribution in [-0.4, -0.2) is 36.5 Å². The lowest BCUT2D eigenvalue weighted by Crippen LogP contribution is -2.23. The van der Waals surface area contributed by atoms with Crippen molar-refractivity contribution in [2.45, 2.75) is 51.2 Å². The number of rotatable bonds is 8. The lowest BCUT2D eigenvalue weighted by molar-refractivity contribution is -0.137. The van der Waals surface area contributed by atoms with Gasteiger partial charge in [-0.05, 0) is 22.8 Å². The maximum Gasteiger partial charge on any atom is 0.316 e. The highest BCUT2D eigenvalue weighted by molar-refractivity contribution is 7.99. The molecule has 102 valence electrons. The summed E-state index contributed by atoms with van der Waals surface area (Å²) in [4.78, 5) is 11.1. The molecule has 18 heavy (non-hydrogen) atoms. The third-order valence-electron chi connectivity index (χ3n) is 2.57. The first-order valence-electron chi connectivity index (χ1n) is 6.15. The van der Waals surface area contributed by atoms with Crippen LogP contribution < -0.4 is 0 Å². The Morgan fingerprint density at radius 1 is 1.50 bits per heavy atom. The maximum absolute atomic E-state index is 11.1. The molecule has 0 amide bonds. The van der Waals surface area contributed by atoms with Crippen LogP contribution in [0.15, 0.2) is 0 Å². The fourth-order valence-electron chi connectivity index (χ4n) is 1.52.